The van der Waals surface area contributed by atoms with Crippen LogP contribution in [-0.2, 0) is 17.8 Å². The largest absolute Gasteiger partial charge is 0.497 e. The van der Waals surface area contributed by atoms with Gasteiger partial charge in [-0.3, -0.25) is 4.79 Å². The van der Waals surface area contributed by atoms with Crippen LogP contribution in [0, 0.1) is 0 Å². The minimum absolute atomic E-state index is 0.0429. The second-order valence-electron chi connectivity index (χ2n) is 6.27. The first-order chi connectivity index (χ1) is 11.7. The van der Waals surface area contributed by atoms with Crippen LogP contribution in [-0.4, -0.2) is 25.6 Å². The second kappa shape index (κ2) is 7.39. The Bertz CT molecular complexity index is 714. The minimum atomic E-state index is 0.0429. The number of nitrogens with one attached hydrogen (secondary N) is 1. The van der Waals surface area contributed by atoms with Crippen molar-refractivity contribution in [3.63, 3.8) is 0 Å². The van der Waals surface area contributed by atoms with Crippen LogP contribution < -0.4 is 15.0 Å². The third-order valence-electron chi connectivity index (χ3n) is 4.60. The molecule has 0 aliphatic carbocycles. The fraction of sp³-hybridized carbons (Fsp3) is 0.350. The van der Waals surface area contributed by atoms with Gasteiger partial charge in [-0.15, -0.1) is 0 Å². The maximum atomic E-state index is 12.4. The van der Waals surface area contributed by atoms with Gasteiger partial charge in [-0.05, 0) is 49.1 Å². The maximum Gasteiger partial charge on any atom is 0.239 e. The van der Waals surface area contributed by atoms with Crippen molar-refractivity contribution < 1.29 is 9.53 Å². The molecule has 1 amide bonds. The number of carbonyl (C=O) groups excluding carboxylic acids is 1. The lowest BCUT2D eigenvalue weighted by Crippen LogP contribution is -2.44. The standard InChI is InChI=1S/C20H24N2O2/c1-15-10-11-17-7-3-4-9-19(17)22(15)14-20(23)21-13-16-6-5-8-18(12-16)24-2/h3-9,12,15H,10-11,13-14H2,1-2H3,(H,21,23). The molecule has 0 fully saturated rings. The minimum Gasteiger partial charge on any atom is -0.497 e. The van der Waals surface area contributed by atoms with E-state index >= 15 is 0 Å². The number of benzene rings is 2. The van der Waals surface area contributed by atoms with Gasteiger partial charge in [-0.1, -0.05) is 30.3 Å². The molecule has 0 aromatic heterocycles. The van der Waals surface area contributed by atoms with Crippen LogP contribution in [0.1, 0.15) is 24.5 Å². The summed E-state index contributed by atoms with van der Waals surface area (Å²) < 4.78 is 5.22. The van der Waals surface area contributed by atoms with Crippen molar-refractivity contribution in [3.05, 3.63) is 59.7 Å². The summed E-state index contributed by atoms with van der Waals surface area (Å²) in [7, 11) is 1.65. The summed E-state index contributed by atoms with van der Waals surface area (Å²) in [6.07, 6.45) is 2.17. The molecular weight excluding hydrogens is 300 g/mol. The zero-order chi connectivity index (χ0) is 16.9. The van der Waals surface area contributed by atoms with E-state index in [0.717, 1.165) is 24.2 Å². The molecule has 126 valence electrons. The van der Waals surface area contributed by atoms with E-state index in [0.29, 0.717) is 19.1 Å². The molecular formula is C20H24N2O2. The predicted octanol–water partition coefficient (Wildman–Crippen LogP) is 3.15. The molecule has 2 aromatic carbocycles. The zero-order valence-corrected chi connectivity index (χ0v) is 14.3. The third-order valence-corrected chi connectivity index (χ3v) is 4.60. The number of carbonyl (C=O) groups is 1. The van der Waals surface area contributed by atoms with Gasteiger partial charge >= 0.3 is 0 Å². The zero-order valence-electron chi connectivity index (χ0n) is 14.3. The van der Waals surface area contributed by atoms with Crippen LogP contribution in [0.2, 0.25) is 0 Å². The highest BCUT2D eigenvalue weighted by Crippen LogP contribution is 2.29. The topological polar surface area (TPSA) is 41.6 Å². The van der Waals surface area contributed by atoms with Crippen LogP contribution in [0.3, 0.4) is 0 Å². The lowest BCUT2D eigenvalue weighted by atomic mass is 9.96. The Hall–Kier alpha value is -2.49. The van der Waals surface area contributed by atoms with Gasteiger partial charge in [0.15, 0.2) is 0 Å². The molecule has 4 nitrogen and oxygen atoms in total. The Balaban J connectivity index is 1.62. The molecule has 0 saturated heterocycles. The highest BCUT2D eigenvalue weighted by atomic mass is 16.5. The van der Waals surface area contributed by atoms with E-state index in [-0.39, 0.29) is 5.91 Å². The number of methoxy groups -OCH3 is 1. The summed E-state index contributed by atoms with van der Waals surface area (Å²) >= 11 is 0. The summed E-state index contributed by atoms with van der Waals surface area (Å²) in [6, 6.07) is 16.5. The van der Waals surface area contributed by atoms with Crippen molar-refractivity contribution in [2.45, 2.75) is 32.4 Å². The van der Waals surface area contributed by atoms with Crippen molar-refractivity contribution in [3.8, 4) is 5.75 Å². The fourth-order valence-electron chi connectivity index (χ4n) is 3.19. The average Bonchev–Trinajstić information content (AvgIpc) is 2.62. The monoisotopic (exact) mass is 324 g/mol. The SMILES string of the molecule is COc1cccc(CNC(=O)CN2c3ccccc3CCC2C)c1. The van der Waals surface area contributed by atoms with Gasteiger partial charge in [0.2, 0.25) is 5.91 Å². The smallest absolute Gasteiger partial charge is 0.239 e. The Morgan fingerprint density at radius 2 is 2.08 bits per heavy atom. The van der Waals surface area contributed by atoms with Crippen molar-refractivity contribution in [1.82, 2.24) is 5.32 Å². The lowest BCUT2D eigenvalue weighted by Gasteiger charge is -2.36. The van der Waals surface area contributed by atoms with Crippen molar-refractivity contribution in [2.75, 3.05) is 18.6 Å². The molecule has 4 heteroatoms. The van der Waals surface area contributed by atoms with Gasteiger partial charge in [0.1, 0.15) is 5.75 Å². The fourth-order valence-corrected chi connectivity index (χ4v) is 3.19. The molecule has 24 heavy (non-hydrogen) atoms. The normalized spacial score (nSPS) is 16.4. The van der Waals surface area contributed by atoms with E-state index in [4.69, 9.17) is 4.74 Å². The molecule has 3 rings (SSSR count). The van der Waals surface area contributed by atoms with E-state index < -0.39 is 0 Å². The first-order valence-corrected chi connectivity index (χ1v) is 8.41. The molecule has 1 N–H and O–H groups in total. The first kappa shape index (κ1) is 16.4. The van der Waals surface area contributed by atoms with Gasteiger partial charge in [0.25, 0.3) is 0 Å². The summed E-state index contributed by atoms with van der Waals surface area (Å²) in [5.74, 6) is 0.849. The number of rotatable bonds is 5. The second-order valence-corrected chi connectivity index (χ2v) is 6.27. The molecule has 0 spiro atoms. The molecule has 1 unspecified atom stereocenters. The number of amides is 1. The number of ether oxygens (including phenoxy) is 1. The van der Waals surface area contributed by atoms with Crippen molar-refractivity contribution >= 4 is 11.6 Å². The number of aryl methyl sites for hydroxylation is 1. The number of hydrogen-bond donors (Lipinski definition) is 1. The quantitative estimate of drug-likeness (QED) is 0.918. The number of hydrogen-bond acceptors (Lipinski definition) is 3. The number of fused-ring (bicyclic) bond motifs is 1. The van der Waals surface area contributed by atoms with Gasteiger partial charge in [-0.2, -0.15) is 0 Å². The average molecular weight is 324 g/mol. The van der Waals surface area contributed by atoms with Crippen LogP contribution in [0.15, 0.2) is 48.5 Å². The lowest BCUT2D eigenvalue weighted by molar-refractivity contribution is -0.120. The number of anilines is 1. The molecule has 2 aromatic rings. The third kappa shape index (κ3) is 3.70. The van der Waals surface area contributed by atoms with E-state index in [1.165, 1.54) is 11.3 Å². The molecule has 0 saturated carbocycles. The summed E-state index contributed by atoms with van der Waals surface area (Å²) in [6.45, 7) is 3.09. The van der Waals surface area contributed by atoms with Gasteiger partial charge < -0.3 is 15.0 Å². The molecule has 0 bridgehead atoms. The molecule has 1 heterocycles. The summed E-state index contributed by atoms with van der Waals surface area (Å²) in [5.41, 5.74) is 3.55. The van der Waals surface area contributed by atoms with E-state index in [2.05, 4.69) is 35.3 Å². The van der Waals surface area contributed by atoms with E-state index in [1.807, 2.05) is 30.3 Å². The van der Waals surface area contributed by atoms with Crippen molar-refractivity contribution in [1.29, 1.82) is 0 Å². The molecule has 0 radical (unpaired) electrons. The van der Waals surface area contributed by atoms with Crippen LogP contribution in [0.5, 0.6) is 5.75 Å². The van der Waals surface area contributed by atoms with Crippen LogP contribution in [0.25, 0.3) is 0 Å². The van der Waals surface area contributed by atoms with E-state index in [9.17, 15) is 4.79 Å². The Labute approximate surface area is 143 Å². The highest BCUT2D eigenvalue weighted by molar-refractivity contribution is 5.82. The maximum absolute atomic E-state index is 12.4. The van der Waals surface area contributed by atoms with Crippen molar-refractivity contribution in [2.24, 2.45) is 0 Å². The summed E-state index contributed by atoms with van der Waals surface area (Å²) in [5, 5.41) is 3.01. The van der Waals surface area contributed by atoms with E-state index in [1.54, 1.807) is 7.11 Å². The summed E-state index contributed by atoms with van der Waals surface area (Å²) in [4.78, 5) is 14.6. The Morgan fingerprint density at radius 1 is 1.25 bits per heavy atom. The van der Waals surface area contributed by atoms with Crippen LogP contribution in [0.4, 0.5) is 5.69 Å². The molecule has 1 atom stereocenters. The Kier molecular flexibility index (Phi) is 5.04. The molecule has 1 aliphatic rings. The highest BCUT2D eigenvalue weighted by Gasteiger charge is 2.24. The van der Waals surface area contributed by atoms with Gasteiger partial charge in [0.05, 0.1) is 13.7 Å². The Morgan fingerprint density at radius 3 is 2.92 bits per heavy atom. The first-order valence-electron chi connectivity index (χ1n) is 8.41. The van der Waals surface area contributed by atoms with Gasteiger partial charge in [0, 0.05) is 18.3 Å². The van der Waals surface area contributed by atoms with Crippen LogP contribution >= 0.6 is 0 Å². The number of nitrogens with zero attached hydrogens (tertiary/aromatic N) is 1. The molecule has 1 aliphatic heterocycles. The number of para-hydroxylation sites is 1. The van der Waals surface area contributed by atoms with Gasteiger partial charge in [-0.25, -0.2) is 0 Å². The predicted molar refractivity (Wildman–Crippen MR) is 96.4 cm³/mol.